The number of piperazine rings is 1. The van der Waals surface area contributed by atoms with Crippen molar-refractivity contribution in [2.24, 2.45) is 4.99 Å². The molecule has 7 nitrogen and oxygen atoms in total. The molecule has 0 radical (unpaired) electrons. The van der Waals surface area contributed by atoms with Crippen molar-refractivity contribution in [3.05, 3.63) is 47.3 Å². The summed E-state index contributed by atoms with van der Waals surface area (Å²) in [5, 5.41) is 7.44. The van der Waals surface area contributed by atoms with E-state index in [1.54, 1.807) is 13.4 Å². The van der Waals surface area contributed by atoms with Gasteiger partial charge in [-0.3, -0.25) is 9.89 Å². The molecule has 1 aliphatic heterocycles. The number of nitrogens with zero attached hydrogens (tertiary/aromatic N) is 4. The van der Waals surface area contributed by atoms with E-state index < -0.39 is 0 Å². The molecule has 0 aliphatic carbocycles. The molecule has 0 bridgehead atoms. The molecule has 1 N–H and O–H groups in total. The SMILES string of the molecule is CCNC(=NCCc1cc(C)ccc1OC)N1CCN(Cc2ccon2)CC1.I. The summed E-state index contributed by atoms with van der Waals surface area (Å²) in [4.78, 5) is 9.61. The monoisotopic (exact) mass is 513 g/mol. The highest BCUT2D eigenvalue weighted by Crippen LogP contribution is 2.20. The van der Waals surface area contributed by atoms with E-state index in [0.717, 1.165) is 69.6 Å². The molecule has 160 valence electrons. The zero-order chi connectivity index (χ0) is 19.8. The zero-order valence-corrected chi connectivity index (χ0v) is 19.9. The molecule has 0 amide bonds. The van der Waals surface area contributed by atoms with Gasteiger partial charge >= 0.3 is 0 Å². The van der Waals surface area contributed by atoms with Crippen LogP contribution in [-0.4, -0.2) is 67.3 Å². The topological polar surface area (TPSA) is 66.1 Å². The number of methoxy groups -OCH3 is 1. The molecule has 0 unspecified atom stereocenters. The zero-order valence-electron chi connectivity index (χ0n) is 17.6. The molecule has 0 saturated carbocycles. The lowest BCUT2D eigenvalue weighted by Gasteiger charge is -2.36. The van der Waals surface area contributed by atoms with Crippen molar-refractivity contribution in [2.45, 2.75) is 26.8 Å². The molecule has 2 aromatic rings. The van der Waals surface area contributed by atoms with Crippen molar-refractivity contribution in [2.75, 3.05) is 46.4 Å². The molecule has 1 aromatic carbocycles. The van der Waals surface area contributed by atoms with Crippen LogP contribution < -0.4 is 10.1 Å². The summed E-state index contributed by atoms with van der Waals surface area (Å²) in [6, 6.07) is 8.23. The van der Waals surface area contributed by atoms with E-state index in [9.17, 15) is 0 Å². The van der Waals surface area contributed by atoms with Gasteiger partial charge < -0.3 is 19.5 Å². The third-order valence-electron chi connectivity index (χ3n) is 4.96. The van der Waals surface area contributed by atoms with E-state index >= 15 is 0 Å². The molecular formula is C21H32IN5O2. The fourth-order valence-electron chi connectivity index (χ4n) is 3.48. The number of aromatic nitrogens is 1. The average Bonchev–Trinajstić information content (AvgIpc) is 3.21. The fourth-order valence-corrected chi connectivity index (χ4v) is 3.48. The highest BCUT2D eigenvalue weighted by molar-refractivity contribution is 14.0. The first-order chi connectivity index (χ1) is 13.7. The minimum absolute atomic E-state index is 0. The Morgan fingerprint density at radius 3 is 2.69 bits per heavy atom. The Morgan fingerprint density at radius 2 is 2.03 bits per heavy atom. The quantitative estimate of drug-likeness (QED) is 0.349. The number of hydrogen-bond acceptors (Lipinski definition) is 5. The lowest BCUT2D eigenvalue weighted by Crippen LogP contribution is -2.52. The lowest BCUT2D eigenvalue weighted by molar-refractivity contribution is 0.169. The molecule has 1 saturated heterocycles. The van der Waals surface area contributed by atoms with Crippen LogP contribution in [0.4, 0.5) is 0 Å². The highest BCUT2D eigenvalue weighted by Gasteiger charge is 2.20. The Bertz CT molecular complexity index is 758. The molecule has 1 aromatic heterocycles. The largest absolute Gasteiger partial charge is 0.496 e. The number of benzene rings is 1. The van der Waals surface area contributed by atoms with E-state index in [1.807, 2.05) is 12.1 Å². The number of hydrogen-bond donors (Lipinski definition) is 1. The Hall–Kier alpha value is -1.81. The summed E-state index contributed by atoms with van der Waals surface area (Å²) in [6.45, 7) is 10.5. The van der Waals surface area contributed by atoms with Crippen LogP contribution in [0.25, 0.3) is 0 Å². The second kappa shape index (κ2) is 12.0. The summed E-state index contributed by atoms with van der Waals surface area (Å²) in [7, 11) is 1.72. The highest BCUT2D eigenvalue weighted by atomic mass is 127. The first-order valence-electron chi connectivity index (χ1n) is 9.98. The number of rotatable bonds is 7. The summed E-state index contributed by atoms with van der Waals surface area (Å²) in [5.41, 5.74) is 3.44. The molecule has 3 rings (SSSR count). The van der Waals surface area contributed by atoms with E-state index in [1.165, 1.54) is 11.1 Å². The first kappa shape index (κ1) is 23.5. The lowest BCUT2D eigenvalue weighted by atomic mass is 10.1. The van der Waals surface area contributed by atoms with Crippen LogP contribution in [-0.2, 0) is 13.0 Å². The molecule has 1 aliphatic rings. The number of aliphatic imine (C=N–C) groups is 1. The van der Waals surface area contributed by atoms with Crippen molar-refractivity contribution in [3.8, 4) is 5.75 Å². The summed E-state index contributed by atoms with van der Waals surface area (Å²) in [5.74, 6) is 1.93. The van der Waals surface area contributed by atoms with Gasteiger partial charge in [0.2, 0.25) is 0 Å². The minimum atomic E-state index is 0. The molecule has 0 spiro atoms. The van der Waals surface area contributed by atoms with E-state index in [-0.39, 0.29) is 24.0 Å². The first-order valence-corrected chi connectivity index (χ1v) is 9.98. The standard InChI is InChI=1S/C21H31N5O2.HI/c1-4-22-21(23-9-7-18-15-17(2)5-6-20(18)27-3)26-12-10-25(11-13-26)16-19-8-14-28-24-19;/h5-6,8,14-15H,4,7,9-13,16H2,1-3H3,(H,22,23);1H. The van der Waals surface area contributed by atoms with E-state index in [2.05, 4.69) is 46.3 Å². The Balaban J connectivity index is 0.00000300. The number of guanidine groups is 1. The minimum Gasteiger partial charge on any atom is -0.496 e. The summed E-state index contributed by atoms with van der Waals surface area (Å²) >= 11 is 0. The maximum absolute atomic E-state index is 5.48. The van der Waals surface area contributed by atoms with Crippen LogP contribution in [0.5, 0.6) is 5.75 Å². The van der Waals surface area contributed by atoms with Crippen LogP contribution in [0, 0.1) is 6.92 Å². The van der Waals surface area contributed by atoms with Gasteiger partial charge in [0.15, 0.2) is 5.96 Å². The van der Waals surface area contributed by atoms with Crippen molar-refractivity contribution in [3.63, 3.8) is 0 Å². The van der Waals surface area contributed by atoms with Crippen molar-refractivity contribution >= 4 is 29.9 Å². The van der Waals surface area contributed by atoms with Gasteiger partial charge in [0.1, 0.15) is 12.0 Å². The maximum atomic E-state index is 5.48. The van der Waals surface area contributed by atoms with Gasteiger partial charge in [-0.2, -0.15) is 0 Å². The predicted octanol–water partition coefficient (Wildman–Crippen LogP) is 2.94. The molecule has 2 heterocycles. The van der Waals surface area contributed by atoms with Crippen LogP contribution in [0.3, 0.4) is 0 Å². The fraction of sp³-hybridized carbons (Fsp3) is 0.524. The third kappa shape index (κ3) is 6.88. The second-order valence-corrected chi connectivity index (χ2v) is 7.05. The van der Waals surface area contributed by atoms with Gasteiger partial charge in [-0.05, 0) is 31.9 Å². The van der Waals surface area contributed by atoms with E-state index in [0.29, 0.717) is 0 Å². The molecule has 29 heavy (non-hydrogen) atoms. The van der Waals surface area contributed by atoms with Crippen LogP contribution in [0.1, 0.15) is 23.7 Å². The van der Waals surface area contributed by atoms with Gasteiger partial charge in [-0.1, -0.05) is 22.9 Å². The predicted molar refractivity (Wildman–Crippen MR) is 126 cm³/mol. The van der Waals surface area contributed by atoms with Crippen molar-refractivity contribution < 1.29 is 9.26 Å². The number of nitrogens with one attached hydrogen (secondary N) is 1. The van der Waals surface area contributed by atoms with Gasteiger partial charge in [-0.15, -0.1) is 24.0 Å². The van der Waals surface area contributed by atoms with Crippen LogP contribution in [0.2, 0.25) is 0 Å². The van der Waals surface area contributed by atoms with Crippen LogP contribution >= 0.6 is 24.0 Å². The Labute approximate surface area is 190 Å². The number of aryl methyl sites for hydroxylation is 1. The van der Waals surface area contributed by atoms with Crippen molar-refractivity contribution in [1.29, 1.82) is 0 Å². The number of ether oxygens (including phenoxy) is 1. The summed E-state index contributed by atoms with van der Waals surface area (Å²) in [6.07, 6.45) is 2.50. The molecule has 0 atom stereocenters. The molecular weight excluding hydrogens is 481 g/mol. The summed E-state index contributed by atoms with van der Waals surface area (Å²) < 4.78 is 10.4. The van der Waals surface area contributed by atoms with Crippen LogP contribution in [0.15, 0.2) is 40.0 Å². The normalized spacial score (nSPS) is 15.1. The smallest absolute Gasteiger partial charge is 0.194 e. The Morgan fingerprint density at radius 1 is 1.24 bits per heavy atom. The van der Waals surface area contributed by atoms with Gasteiger partial charge in [0, 0.05) is 51.9 Å². The third-order valence-corrected chi connectivity index (χ3v) is 4.96. The second-order valence-electron chi connectivity index (χ2n) is 7.05. The van der Waals surface area contributed by atoms with Gasteiger partial charge in [0.05, 0.1) is 12.8 Å². The van der Waals surface area contributed by atoms with Gasteiger partial charge in [0.25, 0.3) is 0 Å². The number of halogens is 1. The molecule has 8 heteroatoms. The van der Waals surface area contributed by atoms with Crippen molar-refractivity contribution in [1.82, 2.24) is 20.3 Å². The average molecular weight is 513 g/mol. The maximum Gasteiger partial charge on any atom is 0.194 e. The van der Waals surface area contributed by atoms with Gasteiger partial charge in [-0.25, -0.2) is 0 Å². The molecule has 1 fully saturated rings. The Kier molecular flexibility index (Phi) is 9.72. The van der Waals surface area contributed by atoms with E-state index in [4.69, 9.17) is 14.3 Å².